The van der Waals surface area contributed by atoms with Crippen LogP contribution in [-0.2, 0) is 10.8 Å². The molecule has 1 spiro atoms. The second-order valence-corrected chi connectivity index (χ2v) is 16.9. The van der Waals surface area contributed by atoms with Gasteiger partial charge in [0.05, 0.1) is 12.0 Å². The van der Waals surface area contributed by atoms with Gasteiger partial charge in [0.25, 0.3) is 0 Å². The molecule has 6 aromatic carbocycles. The SMILES string of the molecule is [C-]#[N+]c1cccc(-c2nc(-c3ccccc3)nc(-c3ccc4c(c3)-c3ccc(C56CC7CC(CC(C7)C5)C6)cc3C43c4ccccc4-c4ccccc43)n2)c1. The first-order chi connectivity index (χ1) is 27.1. The Morgan fingerprint density at radius 3 is 1.65 bits per heavy atom. The number of hydrogen-bond acceptors (Lipinski definition) is 3. The summed E-state index contributed by atoms with van der Waals surface area (Å²) in [5.41, 5.74) is 15.4. The van der Waals surface area contributed by atoms with E-state index < -0.39 is 5.41 Å². The lowest BCUT2D eigenvalue weighted by molar-refractivity contribution is -0.00522. The standard InChI is InChI=1S/C51H38N4/c1-52-38-13-9-12-35(25-38)48-53-47(34-10-3-2-4-11-34)54-49(55-48)36-18-21-45-42(26-36)41-20-19-37(50-28-31-22-32(29-50)24-33(23-31)30-50)27-46(41)51(45)43-16-7-5-14-39(43)40-15-6-8-17-44(40)51/h2-21,25-27,31-33H,22-24,28-30H2. The Morgan fingerprint density at radius 1 is 0.455 bits per heavy atom. The molecule has 4 heteroatoms. The molecule has 262 valence electrons. The molecule has 6 aliphatic carbocycles. The smallest absolute Gasteiger partial charge is 0.187 e. The third-order valence-electron chi connectivity index (χ3n) is 13.9. The molecule has 13 rings (SSSR count). The summed E-state index contributed by atoms with van der Waals surface area (Å²) < 4.78 is 0. The first-order valence-corrected chi connectivity index (χ1v) is 19.9. The molecule has 0 amide bonds. The number of benzene rings is 6. The molecule has 4 nitrogen and oxygen atoms in total. The van der Waals surface area contributed by atoms with Crippen molar-refractivity contribution in [3.63, 3.8) is 0 Å². The van der Waals surface area contributed by atoms with Crippen LogP contribution in [0.5, 0.6) is 0 Å². The highest BCUT2D eigenvalue weighted by molar-refractivity contribution is 5.96. The zero-order chi connectivity index (χ0) is 36.3. The van der Waals surface area contributed by atoms with Crippen LogP contribution in [0.15, 0.2) is 140 Å². The lowest BCUT2D eigenvalue weighted by atomic mass is 9.48. The maximum atomic E-state index is 7.63. The van der Waals surface area contributed by atoms with Crippen LogP contribution >= 0.6 is 0 Å². The zero-order valence-electron chi connectivity index (χ0n) is 30.5. The van der Waals surface area contributed by atoms with E-state index >= 15 is 0 Å². The lowest BCUT2D eigenvalue weighted by Crippen LogP contribution is -2.48. The second-order valence-electron chi connectivity index (χ2n) is 16.9. The fourth-order valence-corrected chi connectivity index (χ4v) is 12.1. The number of fused-ring (bicyclic) bond motifs is 10. The predicted molar refractivity (Wildman–Crippen MR) is 219 cm³/mol. The van der Waals surface area contributed by atoms with E-state index in [1.54, 1.807) is 5.56 Å². The van der Waals surface area contributed by atoms with E-state index in [0.717, 1.165) is 34.4 Å². The van der Waals surface area contributed by atoms with Gasteiger partial charge >= 0.3 is 0 Å². The number of nitrogens with zero attached hydrogens (tertiary/aromatic N) is 4. The molecule has 55 heavy (non-hydrogen) atoms. The van der Waals surface area contributed by atoms with Gasteiger partial charge in [-0.2, -0.15) is 0 Å². The van der Waals surface area contributed by atoms with Crippen LogP contribution in [0.3, 0.4) is 0 Å². The minimum Gasteiger partial charge on any atom is -0.238 e. The maximum Gasteiger partial charge on any atom is 0.187 e. The molecule has 0 unspecified atom stereocenters. The Labute approximate surface area is 321 Å². The van der Waals surface area contributed by atoms with Gasteiger partial charge in [-0.1, -0.05) is 127 Å². The van der Waals surface area contributed by atoms with Crippen LogP contribution in [0.2, 0.25) is 0 Å². The van der Waals surface area contributed by atoms with Crippen LogP contribution in [0, 0.1) is 24.3 Å². The Kier molecular flexibility index (Phi) is 6.48. The van der Waals surface area contributed by atoms with Crippen molar-refractivity contribution in [1.82, 2.24) is 15.0 Å². The Bertz CT molecular complexity index is 2690. The van der Waals surface area contributed by atoms with E-state index in [4.69, 9.17) is 21.5 Å². The molecule has 0 saturated heterocycles. The Balaban J connectivity index is 1.09. The quantitative estimate of drug-likeness (QED) is 0.171. The minimum absolute atomic E-state index is 0.294. The first-order valence-electron chi connectivity index (χ1n) is 19.9. The lowest BCUT2D eigenvalue weighted by Gasteiger charge is -2.57. The van der Waals surface area contributed by atoms with E-state index in [-0.39, 0.29) is 0 Å². The van der Waals surface area contributed by atoms with Gasteiger partial charge < -0.3 is 0 Å². The fourth-order valence-electron chi connectivity index (χ4n) is 12.1. The normalized spacial score (nSPS) is 22.9. The number of rotatable bonds is 4. The monoisotopic (exact) mass is 706 g/mol. The highest BCUT2D eigenvalue weighted by Crippen LogP contribution is 2.65. The summed E-state index contributed by atoms with van der Waals surface area (Å²) in [5.74, 6) is 4.46. The topological polar surface area (TPSA) is 43.0 Å². The van der Waals surface area contributed by atoms with Gasteiger partial charge in [0.2, 0.25) is 0 Å². The molecule has 0 N–H and O–H groups in total. The molecule has 7 aromatic rings. The predicted octanol–water partition coefficient (Wildman–Crippen LogP) is 12.2. The van der Waals surface area contributed by atoms with E-state index in [1.807, 2.05) is 54.6 Å². The number of hydrogen-bond donors (Lipinski definition) is 0. The summed E-state index contributed by atoms with van der Waals surface area (Å²) in [6, 6.07) is 50.4. The molecule has 4 saturated carbocycles. The van der Waals surface area contributed by atoms with Gasteiger partial charge in [0, 0.05) is 16.7 Å². The maximum absolute atomic E-state index is 7.63. The Morgan fingerprint density at radius 2 is 1.00 bits per heavy atom. The molecule has 0 radical (unpaired) electrons. The van der Waals surface area contributed by atoms with Gasteiger partial charge in [0.15, 0.2) is 23.2 Å². The molecule has 1 aromatic heterocycles. The summed E-state index contributed by atoms with van der Waals surface area (Å²) >= 11 is 0. The average Bonchev–Trinajstić information content (AvgIpc) is 3.70. The van der Waals surface area contributed by atoms with E-state index in [2.05, 4.69) is 89.8 Å². The highest BCUT2D eigenvalue weighted by Gasteiger charge is 2.55. The van der Waals surface area contributed by atoms with Gasteiger partial charge in [-0.3, -0.25) is 0 Å². The summed E-state index contributed by atoms with van der Waals surface area (Å²) in [6.45, 7) is 7.63. The molecule has 6 aliphatic rings. The van der Waals surface area contributed by atoms with Crippen LogP contribution < -0.4 is 0 Å². The van der Waals surface area contributed by atoms with Crippen molar-refractivity contribution in [3.05, 3.63) is 179 Å². The van der Waals surface area contributed by atoms with Crippen molar-refractivity contribution in [2.24, 2.45) is 17.8 Å². The molecule has 1 heterocycles. The van der Waals surface area contributed by atoms with Gasteiger partial charge in [-0.25, -0.2) is 19.8 Å². The number of aromatic nitrogens is 3. The third kappa shape index (κ3) is 4.41. The zero-order valence-corrected chi connectivity index (χ0v) is 30.5. The Hall–Kier alpha value is -6.18. The minimum atomic E-state index is -0.408. The average molecular weight is 707 g/mol. The van der Waals surface area contributed by atoms with Crippen molar-refractivity contribution >= 4 is 5.69 Å². The molecular weight excluding hydrogens is 669 g/mol. The van der Waals surface area contributed by atoms with Crippen molar-refractivity contribution < 1.29 is 0 Å². The molecule has 0 aliphatic heterocycles. The van der Waals surface area contributed by atoms with Crippen LogP contribution in [0.1, 0.15) is 66.3 Å². The summed E-state index contributed by atoms with van der Waals surface area (Å²) in [4.78, 5) is 18.9. The molecule has 4 bridgehead atoms. The van der Waals surface area contributed by atoms with Crippen LogP contribution in [0.4, 0.5) is 5.69 Å². The first kappa shape index (κ1) is 31.2. The second kappa shape index (κ2) is 11.4. The van der Waals surface area contributed by atoms with E-state index in [0.29, 0.717) is 28.6 Å². The van der Waals surface area contributed by atoms with Crippen LogP contribution in [0.25, 0.3) is 61.3 Å². The third-order valence-corrected chi connectivity index (χ3v) is 13.9. The van der Waals surface area contributed by atoms with Gasteiger partial charge in [-0.05, 0) is 124 Å². The fraction of sp³-hybridized carbons (Fsp3) is 0.216. The van der Waals surface area contributed by atoms with Crippen LogP contribution in [-0.4, -0.2) is 15.0 Å². The van der Waals surface area contributed by atoms with Gasteiger partial charge in [-0.15, -0.1) is 0 Å². The molecule has 4 fully saturated rings. The molecule has 0 atom stereocenters. The van der Waals surface area contributed by atoms with Gasteiger partial charge in [0.1, 0.15) is 0 Å². The highest BCUT2D eigenvalue weighted by atomic mass is 15.0. The van der Waals surface area contributed by atoms with Crippen molar-refractivity contribution in [3.8, 4) is 56.4 Å². The summed E-state index contributed by atoms with van der Waals surface area (Å²) in [5, 5.41) is 0. The van der Waals surface area contributed by atoms with Crippen molar-refractivity contribution in [2.45, 2.75) is 49.4 Å². The largest absolute Gasteiger partial charge is 0.238 e. The van der Waals surface area contributed by atoms with Crippen molar-refractivity contribution in [1.29, 1.82) is 0 Å². The summed E-state index contributed by atoms with van der Waals surface area (Å²) in [6.07, 6.45) is 8.37. The molecular formula is C51H38N4. The van der Waals surface area contributed by atoms with Crippen molar-refractivity contribution in [2.75, 3.05) is 0 Å². The summed E-state index contributed by atoms with van der Waals surface area (Å²) in [7, 11) is 0. The van der Waals surface area contributed by atoms with E-state index in [9.17, 15) is 0 Å². The van der Waals surface area contributed by atoms with E-state index in [1.165, 1.54) is 83.0 Å².